The molecule has 0 N–H and O–H groups in total. The lowest BCUT2D eigenvalue weighted by Crippen LogP contribution is -2.30. The summed E-state index contributed by atoms with van der Waals surface area (Å²) in [4.78, 5) is 38.4. The van der Waals surface area contributed by atoms with Gasteiger partial charge in [0.25, 0.3) is 0 Å². The van der Waals surface area contributed by atoms with Gasteiger partial charge >= 0.3 is 17.9 Å². The molecule has 0 rings (SSSR count). The summed E-state index contributed by atoms with van der Waals surface area (Å²) < 4.78 is 17.0. The van der Waals surface area contributed by atoms with Crippen LogP contribution in [0, 0.1) is 0 Å². The van der Waals surface area contributed by atoms with Crippen LogP contribution in [0.5, 0.6) is 0 Å². The summed E-state index contributed by atoms with van der Waals surface area (Å²) in [6, 6.07) is 0. The van der Waals surface area contributed by atoms with Crippen LogP contribution < -0.4 is 0 Å². The Bertz CT molecular complexity index is 1730. The van der Waals surface area contributed by atoms with E-state index in [2.05, 4.69) is 154 Å². The number of hydrogen-bond donors (Lipinski definition) is 0. The van der Waals surface area contributed by atoms with E-state index in [1.807, 2.05) is 0 Å². The lowest BCUT2D eigenvalue weighted by atomic mass is 10.0. The van der Waals surface area contributed by atoms with Crippen molar-refractivity contribution in [1.29, 1.82) is 0 Å². The number of esters is 3. The number of rotatable bonds is 61. The summed E-state index contributed by atoms with van der Waals surface area (Å²) in [6.07, 6.45) is 97.5. The van der Waals surface area contributed by atoms with Gasteiger partial charge in [0, 0.05) is 19.3 Å². The van der Waals surface area contributed by atoms with Crippen LogP contribution in [0.15, 0.2) is 134 Å². The Balaban J connectivity index is 4.35. The molecule has 0 spiro atoms. The van der Waals surface area contributed by atoms with Crippen molar-refractivity contribution in [2.75, 3.05) is 13.2 Å². The van der Waals surface area contributed by atoms with Gasteiger partial charge in [0.2, 0.25) is 0 Å². The SMILES string of the molecule is CC/C=C\C/C=C\C/C=C\C/C=C\C/C=C\CCCCCCCCCCCCCCCC(=O)OCC(COC(=O)CCCCCCC/C=C\C/C=C\CCCCCC)OC(=O)CCCCCCCC/C=C\C/C=C\C/C=C\C/C=C\CC. The lowest BCUT2D eigenvalue weighted by molar-refractivity contribution is -0.167. The van der Waals surface area contributed by atoms with Crippen molar-refractivity contribution in [2.45, 2.75) is 316 Å². The fraction of sp³-hybridized carbons (Fsp3) is 0.671. The zero-order valence-corrected chi connectivity index (χ0v) is 53.5. The summed E-state index contributed by atoms with van der Waals surface area (Å²) in [5.41, 5.74) is 0. The smallest absolute Gasteiger partial charge is 0.306 e. The Morgan fingerprint density at radius 3 is 0.744 bits per heavy atom. The predicted molar refractivity (Wildman–Crippen MR) is 357 cm³/mol. The third-order valence-electron chi connectivity index (χ3n) is 14.4. The molecule has 1 atom stereocenters. The maximum atomic E-state index is 12.9. The van der Waals surface area contributed by atoms with E-state index in [4.69, 9.17) is 14.2 Å². The highest BCUT2D eigenvalue weighted by Gasteiger charge is 2.19. The molecule has 0 aromatic rings. The topological polar surface area (TPSA) is 78.9 Å². The second-order valence-electron chi connectivity index (χ2n) is 22.3. The van der Waals surface area contributed by atoms with Crippen LogP contribution in [0.25, 0.3) is 0 Å². The van der Waals surface area contributed by atoms with Crippen molar-refractivity contribution in [2.24, 2.45) is 0 Å². The Kier molecular flexibility index (Phi) is 65.3. The molecule has 82 heavy (non-hydrogen) atoms. The van der Waals surface area contributed by atoms with Gasteiger partial charge in [-0.05, 0) is 135 Å². The summed E-state index contributed by atoms with van der Waals surface area (Å²) in [5, 5.41) is 0. The average Bonchev–Trinajstić information content (AvgIpc) is 3.47. The first-order valence-electron chi connectivity index (χ1n) is 34.2. The van der Waals surface area contributed by atoms with Crippen LogP contribution in [0.2, 0.25) is 0 Å². The fourth-order valence-electron chi connectivity index (χ4n) is 9.32. The summed E-state index contributed by atoms with van der Waals surface area (Å²) >= 11 is 0. The van der Waals surface area contributed by atoms with E-state index in [0.717, 1.165) is 154 Å². The van der Waals surface area contributed by atoms with Gasteiger partial charge in [-0.25, -0.2) is 0 Å². The minimum Gasteiger partial charge on any atom is -0.462 e. The van der Waals surface area contributed by atoms with Gasteiger partial charge in [-0.15, -0.1) is 0 Å². The zero-order valence-electron chi connectivity index (χ0n) is 53.5. The molecule has 0 aliphatic heterocycles. The van der Waals surface area contributed by atoms with Crippen molar-refractivity contribution < 1.29 is 28.6 Å². The molecule has 0 amide bonds. The number of ether oxygens (including phenoxy) is 3. The highest BCUT2D eigenvalue weighted by molar-refractivity contribution is 5.71. The first-order chi connectivity index (χ1) is 40.5. The Hall–Kier alpha value is -4.45. The largest absolute Gasteiger partial charge is 0.462 e. The van der Waals surface area contributed by atoms with Crippen molar-refractivity contribution in [3.05, 3.63) is 134 Å². The number of unbranched alkanes of at least 4 members (excludes halogenated alkanes) is 28. The van der Waals surface area contributed by atoms with Crippen LogP contribution in [-0.2, 0) is 28.6 Å². The van der Waals surface area contributed by atoms with E-state index in [1.165, 1.54) is 116 Å². The van der Waals surface area contributed by atoms with Crippen LogP contribution in [-0.4, -0.2) is 37.2 Å². The van der Waals surface area contributed by atoms with Gasteiger partial charge in [-0.2, -0.15) is 0 Å². The summed E-state index contributed by atoms with van der Waals surface area (Å²) in [7, 11) is 0. The zero-order chi connectivity index (χ0) is 59.2. The molecular weight excluding hydrogens is 1010 g/mol. The standard InChI is InChI=1S/C76H126O6/c1-4-7-10-13-16-19-22-25-28-31-33-34-35-36-37-38-39-40-41-42-44-45-48-51-54-57-60-63-66-69-75(78)81-72-73(71-80-74(77)68-65-62-59-56-53-50-47-30-27-24-21-18-15-12-9-6-3)82-76(79)70-67-64-61-58-55-52-49-46-43-32-29-26-23-20-17-14-11-8-5-2/h7-8,10-11,16-17,19-21,24-26,28-30,33-34,36-37,43,46-47,73H,4-6,9,12-15,18,22-23,27,31-32,35,38-42,44-45,48-72H2,1-3H3/b10-7-,11-8-,19-16-,20-17-,24-21-,28-25-,29-26-,34-33-,37-36-,46-43-,47-30-. The van der Waals surface area contributed by atoms with Gasteiger partial charge in [0.15, 0.2) is 6.10 Å². The molecule has 0 saturated heterocycles. The van der Waals surface area contributed by atoms with Crippen molar-refractivity contribution in [3.8, 4) is 0 Å². The van der Waals surface area contributed by atoms with E-state index < -0.39 is 6.10 Å². The number of allylic oxidation sites excluding steroid dienone is 22. The minimum atomic E-state index is -0.798. The maximum absolute atomic E-state index is 12.9. The van der Waals surface area contributed by atoms with Crippen molar-refractivity contribution in [3.63, 3.8) is 0 Å². The molecule has 1 unspecified atom stereocenters. The molecule has 0 radical (unpaired) electrons. The number of carbonyl (C=O) groups excluding carboxylic acids is 3. The molecular formula is C76H126O6. The molecule has 0 aliphatic rings. The van der Waals surface area contributed by atoms with E-state index in [1.54, 1.807) is 0 Å². The third kappa shape index (κ3) is 66.4. The Morgan fingerprint density at radius 2 is 0.476 bits per heavy atom. The van der Waals surface area contributed by atoms with Crippen LogP contribution in [0.4, 0.5) is 0 Å². The van der Waals surface area contributed by atoms with E-state index in [-0.39, 0.29) is 31.1 Å². The molecule has 0 saturated carbocycles. The molecule has 0 heterocycles. The summed E-state index contributed by atoms with van der Waals surface area (Å²) in [6.45, 7) is 6.39. The lowest BCUT2D eigenvalue weighted by Gasteiger charge is -2.18. The summed E-state index contributed by atoms with van der Waals surface area (Å²) in [5.74, 6) is -0.913. The predicted octanol–water partition coefficient (Wildman–Crippen LogP) is 23.7. The van der Waals surface area contributed by atoms with E-state index >= 15 is 0 Å². The highest BCUT2D eigenvalue weighted by atomic mass is 16.6. The molecule has 0 aromatic heterocycles. The van der Waals surface area contributed by atoms with Gasteiger partial charge in [-0.3, -0.25) is 14.4 Å². The van der Waals surface area contributed by atoms with Crippen LogP contribution >= 0.6 is 0 Å². The third-order valence-corrected chi connectivity index (χ3v) is 14.4. The molecule has 0 bridgehead atoms. The Morgan fingerprint density at radius 1 is 0.256 bits per heavy atom. The average molecular weight is 1140 g/mol. The second-order valence-corrected chi connectivity index (χ2v) is 22.3. The second kappa shape index (κ2) is 69.0. The molecule has 6 heteroatoms. The number of hydrogen-bond acceptors (Lipinski definition) is 6. The van der Waals surface area contributed by atoms with Gasteiger partial charge in [0.05, 0.1) is 0 Å². The van der Waals surface area contributed by atoms with Gasteiger partial charge < -0.3 is 14.2 Å². The van der Waals surface area contributed by atoms with E-state index in [0.29, 0.717) is 19.3 Å². The minimum absolute atomic E-state index is 0.0913. The van der Waals surface area contributed by atoms with E-state index in [9.17, 15) is 14.4 Å². The maximum Gasteiger partial charge on any atom is 0.306 e. The van der Waals surface area contributed by atoms with Crippen molar-refractivity contribution in [1.82, 2.24) is 0 Å². The fourth-order valence-corrected chi connectivity index (χ4v) is 9.32. The highest BCUT2D eigenvalue weighted by Crippen LogP contribution is 2.16. The van der Waals surface area contributed by atoms with Gasteiger partial charge in [-0.1, -0.05) is 289 Å². The van der Waals surface area contributed by atoms with Crippen LogP contribution in [0.3, 0.4) is 0 Å². The molecule has 6 nitrogen and oxygen atoms in total. The first-order valence-corrected chi connectivity index (χ1v) is 34.2. The quantitative estimate of drug-likeness (QED) is 0.0261. The normalized spacial score (nSPS) is 13.0. The Labute approximate surface area is 506 Å². The molecule has 0 aromatic carbocycles. The molecule has 466 valence electrons. The first kappa shape index (κ1) is 77.5. The van der Waals surface area contributed by atoms with Crippen LogP contribution in [0.1, 0.15) is 310 Å². The van der Waals surface area contributed by atoms with Crippen molar-refractivity contribution >= 4 is 17.9 Å². The monoisotopic (exact) mass is 1130 g/mol. The van der Waals surface area contributed by atoms with Gasteiger partial charge in [0.1, 0.15) is 13.2 Å². The molecule has 0 aliphatic carbocycles. The number of carbonyl (C=O) groups is 3. The molecule has 0 fully saturated rings.